The maximum Gasteiger partial charge on any atom is 0.573 e. The summed E-state index contributed by atoms with van der Waals surface area (Å²) >= 11 is 6.02. The van der Waals surface area contributed by atoms with Gasteiger partial charge in [0, 0.05) is 31.9 Å². The maximum absolute atomic E-state index is 12.5. The van der Waals surface area contributed by atoms with Crippen LogP contribution in [0.2, 0.25) is 5.02 Å². The summed E-state index contributed by atoms with van der Waals surface area (Å²) in [4.78, 5) is 9.08. The number of benzene rings is 2. The first kappa shape index (κ1) is 20.4. The summed E-state index contributed by atoms with van der Waals surface area (Å²) in [7, 11) is 2.09. The molecule has 9 heteroatoms. The Bertz CT molecular complexity index is 1130. The molecule has 1 aliphatic rings. The molecule has 1 aliphatic heterocycles. The van der Waals surface area contributed by atoms with Crippen LogP contribution in [-0.2, 0) is 0 Å². The summed E-state index contributed by atoms with van der Waals surface area (Å²) in [5, 5.41) is -0.177. The topological polar surface area (TPSA) is 33.5 Å². The van der Waals surface area contributed by atoms with E-state index in [-0.39, 0.29) is 5.02 Å². The molecule has 1 fully saturated rings. The van der Waals surface area contributed by atoms with Crippen LogP contribution in [0.4, 0.5) is 18.9 Å². The van der Waals surface area contributed by atoms with Crippen molar-refractivity contribution in [2.75, 3.05) is 38.1 Å². The van der Waals surface area contributed by atoms with Crippen molar-refractivity contribution in [3.8, 4) is 23.8 Å². The molecule has 5 nitrogen and oxygen atoms in total. The van der Waals surface area contributed by atoms with E-state index in [4.69, 9.17) is 18.0 Å². The van der Waals surface area contributed by atoms with Crippen molar-refractivity contribution in [3.05, 3.63) is 47.2 Å². The van der Waals surface area contributed by atoms with Crippen LogP contribution in [0.3, 0.4) is 0 Å². The first-order valence-corrected chi connectivity index (χ1v) is 9.61. The van der Waals surface area contributed by atoms with Crippen LogP contribution in [0.15, 0.2) is 36.4 Å². The number of ether oxygens (including phenoxy) is 1. The first-order valence-electron chi connectivity index (χ1n) is 9.23. The third-order valence-corrected chi connectivity index (χ3v) is 5.33. The number of terminal acetylenes is 1. The van der Waals surface area contributed by atoms with Crippen molar-refractivity contribution in [1.82, 2.24) is 14.5 Å². The quantitative estimate of drug-likeness (QED) is 0.575. The molecule has 0 aliphatic carbocycles. The second-order valence-corrected chi connectivity index (χ2v) is 7.45. The molecule has 0 unspecified atom stereocenters. The predicted octanol–water partition coefficient (Wildman–Crippen LogP) is 4.31. The highest BCUT2D eigenvalue weighted by Gasteiger charge is 2.32. The van der Waals surface area contributed by atoms with Crippen molar-refractivity contribution in [2.45, 2.75) is 6.36 Å². The minimum absolute atomic E-state index is 0.177. The summed E-state index contributed by atoms with van der Waals surface area (Å²) in [5.41, 5.74) is 2.99. The van der Waals surface area contributed by atoms with E-state index in [1.54, 1.807) is 4.57 Å². The average molecular weight is 435 g/mol. The van der Waals surface area contributed by atoms with Crippen LogP contribution in [0, 0.1) is 12.3 Å². The highest BCUT2D eigenvalue weighted by Crippen LogP contribution is 2.33. The molecule has 0 N–H and O–H groups in total. The SMILES string of the molecule is C#Cc1nc2cc(N3CCN(C)CC3)ccc2n1-c1ccc(OC(F)(F)F)c(Cl)c1. The van der Waals surface area contributed by atoms with Crippen LogP contribution >= 0.6 is 11.6 Å². The zero-order valence-corrected chi connectivity index (χ0v) is 16.8. The van der Waals surface area contributed by atoms with Gasteiger partial charge in [-0.05, 0) is 49.4 Å². The summed E-state index contributed by atoms with van der Waals surface area (Å²) in [6, 6.07) is 9.87. The van der Waals surface area contributed by atoms with Crippen molar-refractivity contribution < 1.29 is 17.9 Å². The van der Waals surface area contributed by atoms with E-state index in [1.807, 2.05) is 18.2 Å². The second-order valence-electron chi connectivity index (χ2n) is 7.04. The Morgan fingerprint density at radius 2 is 1.77 bits per heavy atom. The van der Waals surface area contributed by atoms with E-state index in [2.05, 4.69) is 32.5 Å². The van der Waals surface area contributed by atoms with E-state index in [1.165, 1.54) is 12.1 Å². The molecule has 0 radical (unpaired) electrons. The van der Waals surface area contributed by atoms with Crippen LogP contribution < -0.4 is 9.64 Å². The minimum atomic E-state index is -4.82. The van der Waals surface area contributed by atoms with Gasteiger partial charge in [-0.2, -0.15) is 0 Å². The van der Waals surface area contributed by atoms with Gasteiger partial charge in [-0.1, -0.05) is 11.6 Å². The van der Waals surface area contributed by atoms with Crippen LogP contribution in [-0.4, -0.2) is 54.0 Å². The van der Waals surface area contributed by atoms with Gasteiger partial charge in [-0.25, -0.2) is 4.98 Å². The lowest BCUT2D eigenvalue weighted by molar-refractivity contribution is -0.274. The fraction of sp³-hybridized carbons (Fsp3) is 0.286. The zero-order chi connectivity index (χ0) is 21.5. The minimum Gasteiger partial charge on any atom is -0.404 e. The Morgan fingerprint density at radius 1 is 1.07 bits per heavy atom. The molecule has 0 saturated carbocycles. The molecule has 0 amide bonds. The van der Waals surface area contributed by atoms with Gasteiger partial charge in [0.15, 0.2) is 5.82 Å². The molecule has 30 heavy (non-hydrogen) atoms. The van der Waals surface area contributed by atoms with E-state index in [0.717, 1.165) is 43.4 Å². The number of alkyl halides is 3. The van der Waals surface area contributed by atoms with Gasteiger partial charge in [0.25, 0.3) is 0 Å². The van der Waals surface area contributed by atoms with Gasteiger partial charge in [-0.15, -0.1) is 19.6 Å². The molecular formula is C21H18ClF3N4O. The normalized spacial score (nSPS) is 15.4. The highest BCUT2D eigenvalue weighted by molar-refractivity contribution is 6.32. The molecule has 3 aromatic rings. The third-order valence-electron chi connectivity index (χ3n) is 5.03. The van der Waals surface area contributed by atoms with Crippen LogP contribution in [0.25, 0.3) is 16.7 Å². The number of rotatable bonds is 3. The number of anilines is 1. The molecule has 0 atom stereocenters. The lowest BCUT2D eigenvalue weighted by Crippen LogP contribution is -2.44. The summed E-state index contributed by atoms with van der Waals surface area (Å²) in [5.74, 6) is 2.40. The number of likely N-dealkylation sites (N-methyl/N-ethyl adjacent to an activating group) is 1. The largest absolute Gasteiger partial charge is 0.573 e. The molecule has 2 heterocycles. The molecule has 4 rings (SSSR count). The fourth-order valence-corrected chi connectivity index (χ4v) is 3.74. The summed E-state index contributed by atoms with van der Waals surface area (Å²) in [6.45, 7) is 3.79. The molecule has 156 valence electrons. The monoisotopic (exact) mass is 434 g/mol. The first-order chi connectivity index (χ1) is 14.2. The highest BCUT2D eigenvalue weighted by atomic mass is 35.5. The van der Waals surface area contributed by atoms with Gasteiger partial charge in [-0.3, -0.25) is 4.57 Å². The molecule has 0 spiro atoms. The van der Waals surface area contributed by atoms with Gasteiger partial charge >= 0.3 is 6.36 Å². The van der Waals surface area contributed by atoms with Gasteiger partial charge in [0.05, 0.1) is 21.7 Å². The number of aromatic nitrogens is 2. The predicted molar refractivity (Wildman–Crippen MR) is 110 cm³/mol. The number of nitrogens with zero attached hydrogens (tertiary/aromatic N) is 4. The smallest absolute Gasteiger partial charge is 0.404 e. The molecule has 1 saturated heterocycles. The lowest BCUT2D eigenvalue weighted by Gasteiger charge is -2.34. The number of piperazine rings is 1. The van der Waals surface area contributed by atoms with E-state index < -0.39 is 12.1 Å². The van der Waals surface area contributed by atoms with Crippen molar-refractivity contribution in [1.29, 1.82) is 0 Å². The maximum atomic E-state index is 12.5. The van der Waals surface area contributed by atoms with E-state index >= 15 is 0 Å². The van der Waals surface area contributed by atoms with E-state index in [9.17, 15) is 13.2 Å². The number of hydrogen-bond donors (Lipinski definition) is 0. The molecule has 0 bridgehead atoms. The lowest BCUT2D eigenvalue weighted by atomic mass is 10.2. The van der Waals surface area contributed by atoms with Gasteiger partial charge in [0.1, 0.15) is 5.75 Å². The van der Waals surface area contributed by atoms with Crippen molar-refractivity contribution in [3.63, 3.8) is 0 Å². The van der Waals surface area contributed by atoms with Gasteiger partial charge < -0.3 is 14.5 Å². The number of fused-ring (bicyclic) bond motifs is 1. The Hall–Kier alpha value is -2.89. The average Bonchev–Trinajstić information content (AvgIpc) is 3.07. The van der Waals surface area contributed by atoms with Gasteiger partial charge in [0.2, 0.25) is 0 Å². The molecule has 2 aromatic carbocycles. The van der Waals surface area contributed by atoms with Crippen LogP contribution in [0.1, 0.15) is 5.82 Å². The second kappa shape index (κ2) is 7.74. The summed E-state index contributed by atoms with van der Waals surface area (Å²) in [6.07, 6.45) is 0.821. The number of imidazole rings is 1. The van der Waals surface area contributed by atoms with E-state index in [0.29, 0.717) is 17.0 Å². The Kier molecular flexibility index (Phi) is 5.26. The fourth-order valence-electron chi connectivity index (χ4n) is 3.52. The van der Waals surface area contributed by atoms with Crippen LogP contribution in [0.5, 0.6) is 5.75 Å². The standard InChI is InChI=1S/C21H18ClF3N4O/c1-3-20-26-17-13-14(28-10-8-27(2)9-11-28)4-6-18(17)29(20)15-5-7-19(16(22)12-15)30-21(23,24)25/h1,4-7,12-13H,8-11H2,2H3. The Labute approximate surface area is 176 Å². The molecular weight excluding hydrogens is 417 g/mol. The Morgan fingerprint density at radius 3 is 2.40 bits per heavy atom. The van der Waals surface area contributed by atoms with Crippen molar-refractivity contribution >= 4 is 28.3 Å². The Balaban J connectivity index is 1.72. The summed E-state index contributed by atoms with van der Waals surface area (Å²) < 4.78 is 43.1. The third kappa shape index (κ3) is 4.04. The number of hydrogen-bond acceptors (Lipinski definition) is 4. The zero-order valence-electron chi connectivity index (χ0n) is 16.1. The van der Waals surface area contributed by atoms with Crippen molar-refractivity contribution in [2.24, 2.45) is 0 Å². The molecule has 1 aromatic heterocycles. The number of halogens is 4.